The van der Waals surface area contributed by atoms with E-state index in [1.165, 1.54) is 16.2 Å². The molecule has 1 atom stereocenters. The van der Waals surface area contributed by atoms with E-state index in [-0.39, 0.29) is 0 Å². The van der Waals surface area contributed by atoms with Crippen LogP contribution in [0.4, 0.5) is 0 Å². The quantitative estimate of drug-likeness (QED) is 0.764. The van der Waals surface area contributed by atoms with E-state index >= 15 is 0 Å². The summed E-state index contributed by atoms with van der Waals surface area (Å²) in [6.07, 6.45) is 2.36. The smallest absolute Gasteiger partial charge is 0.0302 e. The lowest BCUT2D eigenvalue weighted by atomic mass is 10.2. The molecule has 0 aromatic carbocycles. The molecular formula is C11H19NS. The van der Waals surface area contributed by atoms with E-state index < -0.39 is 0 Å². The molecule has 0 aliphatic carbocycles. The average Bonchev–Trinajstić information content (AvgIpc) is 2.61. The van der Waals surface area contributed by atoms with Gasteiger partial charge in [0.2, 0.25) is 0 Å². The Balaban J connectivity index is 2.36. The van der Waals surface area contributed by atoms with Crippen LogP contribution in [0.25, 0.3) is 0 Å². The van der Waals surface area contributed by atoms with Crippen molar-refractivity contribution in [1.29, 1.82) is 0 Å². The topological polar surface area (TPSA) is 12.0 Å². The van der Waals surface area contributed by atoms with Crippen molar-refractivity contribution in [3.8, 4) is 0 Å². The fraction of sp³-hybridized carbons (Fsp3) is 0.636. The number of rotatable bonds is 5. The van der Waals surface area contributed by atoms with Gasteiger partial charge in [-0.2, -0.15) is 0 Å². The second kappa shape index (κ2) is 5.40. The van der Waals surface area contributed by atoms with Gasteiger partial charge in [0.15, 0.2) is 0 Å². The Kier molecular flexibility index (Phi) is 4.46. The number of thiophene rings is 1. The van der Waals surface area contributed by atoms with Gasteiger partial charge in [-0.25, -0.2) is 0 Å². The highest BCUT2D eigenvalue weighted by Gasteiger charge is 2.00. The summed E-state index contributed by atoms with van der Waals surface area (Å²) >= 11 is 1.92. The Bertz CT molecular complexity index is 242. The third-order valence-electron chi connectivity index (χ3n) is 2.30. The van der Waals surface area contributed by atoms with Crippen LogP contribution in [0.5, 0.6) is 0 Å². The average molecular weight is 197 g/mol. The summed E-state index contributed by atoms with van der Waals surface area (Å²) in [7, 11) is 0. The summed E-state index contributed by atoms with van der Waals surface area (Å²) in [5.41, 5.74) is 0. The van der Waals surface area contributed by atoms with E-state index in [9.17, 15) is 0 Å². The lowest BCUT2D eigenvalue weighted by Crippen LogP contribution is -2.23. The first-order chi connectivity index (χ1) is 6.26. The first kappa shape index (κ1) is 10.7. The number of hydrogen-bond acceptors (Lipinski definition) is 2. The molecule has 0 aliphatic rings. The fourth-order valence-electron chi connectivity index (χ4n) is 1.13. The van der Waals surface area contributed by atoms with Gasteiger partial charge in [-0.15, -0.1) is 11.3 Å². The molecule has 0 bridgehead atoms. The molecule has 1 aromatic rings. The lowest BCUT2D eigenvalue weighted by Gasteiger charge is -2.09. The van der Waals surface area contributed by atoms with Crippen LogP contribution in [-0.2, 0) is 13.0 Å². The monoisotopic (exact) mass is 197 g/mol. The molecule has 0 amide bonds. The molecule has 2 heteroatoms. The Morgan fingerprint density at radius 3 is 2.54 bits per heavy atom. The van der Waals surface area contributed by atoms with Crippen LogP contribution >= 0.6 is 11.3 Å². The van der Waals surface area contributed by atoms with Crippen molar-refractivity contribution in [2.24, 2.45) is 0 Å². The van der Waals surface area contributed by atoms with Crippen LogP contribution in [0.1, 0.15) is 36.9 Å². The van der Waals surface area contributed by atoms with Gasteiger partial charge in [-0.05, 0) is 31.9 Å². The van der Waals surface area contributed by atoms with Crippen LogP contribution in [0.2, 0.25) is 0 Å². The van der Waals surface area contributed by atoms with Gasteiger partial charge in [0.1, 0.15) is 0 Å². The van der Waals surface area contributed by atoms with Gasteiger partial charge in [0.05, 0.1) is 0 Å². The van der Waals surface area contributed by atoms with Crippen molar-refractivity contribution in [3.63, 3.8) is 0 Å². The summed E-state index contributed by atoms with van der Waals surface area (Å²) in [5.74, 6) is 0. The minimum Gasteiger partial charge on any atom is -0.309 e. The van der Waals surface area contributed by atoms with Crippen LogP contribution in [0, 0.1) is 0 Å². The molecule has 1 unspecified atom stereocenters. The normalized spacial score (nSPS) is 13.2. The highest BCUT2D eigenvalue weighted by molar-refractivity contribution is 7.11. The van der Waals surface area contributed by atoms with Crippen molar-refractivity contribution >= 4 is 11.3 Å². The Labute approximate surface area is 85.2 Å². The van der Waals surface area contributed by atoms with E-state index in [0.717, 1.165) is 13.0 Å². The molecule has 0 spiro atoms. The van der Waals surface area contributed by atoms with E-state index in [0.29, 0.717) is 6.04 Å². The third-order valence-corrected chi connectivity index (χ3v) is 3.53. The summed E-state index contributed by atoms with van der Waals surface area (Å²) in [4.78, 5) is 2.94. The zero-order valence-electron chi connectivity index (χ0n) is 8.76. The molecule has 0 aliphatic heterocycles. The van der Waals surface area contributed by atoms with E-state index in [1.54, 1.807) is 0 Å². The summed E-state index contributed by atoms with van der Waals surface area (Å²) in [6, 6.07) is 5.10. The van der Waals surface area contributed by atoms with Gasteiger partial charge in [0.25, 0.3) is 0 Å². The zero-order valence-corrected chi connectivity index (χ0v) is 9.58. The molecule has 0 radical (unpaired) electrons. The van der Waals surface area contributed by atoms with E-state index in [4.69, 9.17) is 0 Å². The molecule has 1 nitrogen and oxygen atoms in total. The predicted molar refractivity (Wildman–Crippen MR) is 60.3 cm³/mol. The highest BCUT2D eigenvalue weighted by atomic mass is 32.1. The predicted octanol–water partition coefficient (Wildman–Crippen LogP) is 3.20. The summed E-state index contributed by atoms with van der Waals surface area (Å²) in [5, 5.41) is 3.50. The second-order valence-electron chi connectivity index (χ2n) is 3.41. The van der Waals surface area contributed by atoms with Crippen LogP contribution in [-0.4, -0.2) is 6.04 Å². The first-order valence-electron chi connectivity index (χ1n) is 5.07. The molecular weight excluding hydrogens is 178 g/mol. The number of aryl methyl sites for hydroxylation is 1. The molecule has 74 valence electrons. The standard InChI is InChI=1S/C11H19NS/c1-4-9(3)12-8-11-7-6-10(5-2)13-11/h6-7,9,12H,4-5,8H2,1-3H3. The molecule has 1 heterocycles. The molecule has 0 saturated heterocycles. The van der Waals surface area contributed by atoms with Crippen molar-refractivity contribution < 1.29 is 0 Å². The van der Waals surface area contributed by atoms with Gasteiger partial charge in [0, 0.05) is 22.3 Å². The largest absolute Gasteiger partial charge is 0.309 e. The molecule has 1 rings (SSSR count). The summed E-state index contributed by atoms with van der Waals surface area (Å²) < 4.78 is 0. The number of hydrogen-bond donors (Lipinski definition) is 1. The van der Waals surface area contributed by atoms with Gasteiger partial charge >= 0.3 is 0 Å². The van der Waals surface area contributed by atoms with E-state index in [1.807, 2.05) is 11.3 Å². The molecule has 1 N–H and O–H groups in total. The SMILES string of the molecule is CCc1ccc(CNC(C)CC)s1. The van der Waals surface area contributed by atoms with Crippen LogP contribution < -0.4 is 5.32 Å². The van der Waals surface area contributed by atoms with Gasteiger partial charge in [-0.1, -0.05) is 13.8 Å². The Hall–Kier alpha value is -0.340. The first-order valence-corrected chi connectivity index (χ1v) is 5.88. The minimum atomic E-state index is 0.632. The zero-order chi connectivity index (χ0) is 9.68. The molecule has 13 heavy (non-hydrogen) atoms. The lowest BCUT2D eigenvalue weighted by molar-refractivity contribution is 0.537. The molecule has 0 fully saturated rings. The van der Waals surface area contributed by atoms with Crippen molar-refractivity contribution in [2.75, 3.05) is 0 Å². The molecule has 0 saturated carbocycles. The highest BCUT2D eigenvalue weighted by Crippen LogP contribution is 2.16. The van der Waals surface area contributed by atoms with Gasteiger partial charge in [-0.3, -0.25) is 0 Å². The maximum absolute atomic E-state index is 3.50. The maximum Gasteiger partial charge on any atom is 0.0302 e. The summed E-state index contributed by atoms with van der Waals surface area (Å²) in [6.45, 7) is 7.68. The van der Waals surface area contributed by atoms with Crippen molar-refractivity contribution in [2.45, 2.75) is 46.2 Å². The van der Waals surface area contributed by atoms with Crippen LogP contribution in [0.15, 0.2) is 12.1 Å². The maximum atomic E-state index is 3.50. The fourth-order valence-corrected chi connectivity index (χ4v) is 2.04. The second-order valence-corrected chi connectivity index (χ2v) is 4.66. The third kappa shape index (κ3) is 3.49. The minimum absolute atomic E-state index is 0.632. The molecule has 1 aromatic heterocycles. The van der Waals surface area contributed by atoms with Crippen molar-refractivity contribution in [3.05, 3.63) is 21.9 Å². The van der Waals surface area contributed by atoms with Crippen molar-refractivity contribution in [1.82, 2.24) is 5.32 Å². The Morgan fingerprint density at radius 1 is 1.31 bits per heavy atom. The number of nitrogens with one attached hydrogen (secondary N) is 1. The Morgan fingerprint density at radius 2 is 2.00 bits per heavy atom. The van der Waals surface area contributed by atoms with E-state index in [2.05, 4.69) is 38.2 Å². The van der Waals surface area contributed by atoms with Gasteiger partial charge < -0.3 is 5.32 Å². The van der Waals surface area contributed by atoms with Crippen LogP contribution in [0.3, 0.4) is 0 Å².